The van der Waals surface area contributed by atoms with Crippen molar-refractivity contribution < 1.29 is 0 Å². The summed E-state index contributed by atoms with van der Waals surface area (Å²) in [5, 5.41) is 12.2. The van der Waals surface area contributed by atoms with Gasteiger partial charge in [-0.2, -0.15) is 0 Å². The molecule has 1 atom stereocenters. The SMILES string of the molecule is N=C/C=C\c1cnc(C2NC=CS2)[nH]1. The molecule has 0 aliphatic carbocycles. The van der Waals surface area contributed by atoms with Gasteiger partial charge < -0.3 is 15.7 Å². The molecule has 0 amide bonds. The number of hydrogen-bond acceptors (Lipinski definition) is 4. The second kappa shape index (κ2) is 4.15. The van der Waals surface area contributed by atoms with Crippen molar-refractivity contribution in [1.82, 2.24) is 15.3 Å². The second-order valence-electron chi connectivity index (χ2n) is 2.74. The van der Waals surface area contributed by atoms with Crippen molar-refractivity contribution in [1.29, 1.82) is 5.41 Å². The van der Waals surface area contributed by atoms with E-state index >= 15 is 0 Å². The third kappa shape index (κ3) is 1.88. The van der Waals surface area contributed by atoms with Crippen LogP contribution in [0.2, 0.25) is 0 Å². The Morgan fingerprint density at radius 3 is 3.21 bits per heavy atom. The van der Waals surface area contributed by atoms with Gasteiger partial charge in [-0.25, -0.2) is 4.98 Å². The molecular formula is C9H10N4S. The molecule has 4 nitrogen and oxygen atoms in total. The highest BCUT2D eigenvalue weighted by molar-refractivity contribution is 8.02. The Morgan fingerprint density at radius 2 is 2.50 bits per heavy atom. The van der Waals surface area contributed by atoms with Crippen LogP contribution in [0.5, 0.6) is 0 Å². The van der Waals surface area contributed by atoms with E-state index in [9.17, 15) is 0 Å². The van der Waals surface area contributed by atoms with E-state index in [2.05, 4.69) is 15.3 Å². The zero-order valence-electron chi connectivity index (χ0n) is 7.40. The molecule has 5 heteroatoms. The fraction of sp³-hybridized carbons (Fsp3) is 0.111. The molecule has 0 aromatic carbocycles. The summed E-state index contributed by atoms with van der Waals surface area (Å²) in [5.74, 6) is 0.907. The summed E-state index contributed by atoms with van der Waals surface area (Å²) in [7, 11) is 0. The maximum Gasteiger partial charge on any atom is 0.139 e. The first-order chi connectivity index (χ1) is 6.90. The largest absolute Gasteiger partial charge is 0.372 e. The van der Waals surface area contributed by atoms with Crippen molar-refractivity contribution in [2.24, 2.45) is 0 Å². The van der Waals surface area contributed by atoms with Crippen LogP contribution in [0.1, 0.15) is 16.9 Å². The van der Waals surface area contributed by atoms with Gasteiger partial charge in [-0.1, -0.05) is 11.8 Å². The Morgan fingerprint density at radius 1 is 1.57 bits per heavy atom. The van der Waals surface area contributed by atoms with Gasteiger partial charge in [-0.05, 0) is 17.6 Å². The van der Waals surface area contributed by atoms with Crippen molar-refractivity contribution in [3.8, 4) is 0 Å². The van der Waals surface area contributed by atoms with Crippen molar-refractivity contribution in [3.05, 3.63) is 35.4 Å². The van der Waals surface area contributed by atoms with Crippen LogP contribution < -0.4 is 5.32 Å². The summed E-state index contributed by atoms with van der Waals surface area (Å²) >= 11 is 1.68. The predicted molar refractivity (Wildman–Crippen MR) is 59.0 cm³/mol. The van der Waals surface area contributed by atoms with E-state index < -0.39 is 0 Å². The van der Waals surface area contributed by atoms with E-state index in [4.69, 9.17) is 5.41 Å². The molecule has 0 spiro atoms. The molecule has 0 fully saturated rings. The predicted octanol–water partition coefficient (Wildman–Crippen LogP) is 1.88. The monoisotopic (exact) mass is 206 g/mol. The first-order valence-corrected chi connectivity index (χ1v) is 5.13. The molecule has 14 heavy (non-hydrogen) atoms. The maximum absolute atomic E-state index is 6.85. The van der Waals surface area contributed by atoms with Gasteiger partial charge in [0.2, 0.25) is 0 Å². The Kier molecular flexibility index (Phi) is 2.69. The van der Waals surface area contributed by atoms with Crippen LogP contribution >= 0.6 is 11.8 Å². The molecule has 1 unspecified atom stereocenters. The molecule has 0 saturated heterocycles. The van der Waals surface area contributed by atoms with Crippen molar-refractivity contribution in [2.45, 2.75) is 5.37 Å². The molecule has 0 radical (unpaired) electrons. The highest BCUT2D eigenvalue weighted by Crippen LogP contribution is 2.28. The Bertz CT molecular complexity index is 372. The van der Waals surface area contributed by atoms with Gasteiger partial charge in [0.25, 0.3) is 0 Å². The summed E-state index contributed by atoms with van der Waals surface area (Å²) in [6, 6.07) is 0. The fourth-order valence-corrected chi connectivity index (χ4v) is 1.87. The van der Waals surface area contributed by atoms with Gasteiger partial charge in [0.05, 0.1) is 11.9 Å². The number of rotatable bonds is 3. The summed E-state index contributed by atoms with van der Waals surface area (Å²) in [6.07, 6.45) is 8.38. The third-order valence-corrected chi connectivity index (χ3v) is 2.69. The fourth-order valence-electron chi connectivity index (χ4n) is 1.15. The van der Waals surface area contributed by atoms with E-state index in [1.807, 2.05) is 17.7 Å². The zero-order chi connectivity index (χ0) is 9.80. The summed E-state index contributed by atoms with van der Waals surface area (Å²) in [5.41, 5.74) is 0.915. The van der Waals surface area contributed by atoms with Crippen LogP contribution in [0.25, 0.3) is 6.08 Å². The molecule has 2 rings (SSSR count). The number of H-pyrrole nitrogens is 1. The molecule has 72 valence electrons. The minimum absolute atomic E-state index is 0.192. The summed E-state index contributed by atoms with van der Waals surface area (Å²) in [6.45, 7) is 0. The molecule has 1 aliphatic rings. The Hall–Kier alpha value is -1.49. The molecule has 2 heterocycles. The first kappa shape index (κ1) is 9.08. The van der Waals surface area contributed by atoms with E-state index in [-0.39, 0.29) is 5.37 Å². The molecule has 1 aromatic heterocycles. The number of aromatic nitrogens is 2. The lowest BCUT2D eigenvalue weighted by Crippen LogP contribution is -2.08. The van der Waals surface area contributed by atoms with Crippen molar-refractivity contribution >= 4 is 24.1 Å². The van der Waals surface area contributed by atoms with E-state index in [0.717, 1.165) is 11.5 Å². The highest BCUT2D eigenvalue weighted by Gasteiger charge is 2.15. The number of nitrogens with zero attached hydrogens (tertiary/aromatic N) is 1. The molecule has 3 N–H and O–H groups in total. The van der Waals surface area contributed by atoms with Gasteiger partial charge in [0, 0.05) is 12.4 Å². The average molecular weight is 206 g/mol. The van der Waals surface area contributed by atoms with Crippen molar-refractivity contribution in [2.75, 3.05) is 0 Å². The number of thioether (sulfide) groups is 1. The minimum atomic E-state index is 0.192. The first-order valence-electron chi connectivity index (χ1n) is 4.19. The molecular weight excluding hydrogens is 196 g/mol. The van der Waals surface area contributed by atoms with E-state index in [1.165, 1.54) is 6.21 Å². The average Bonchev–Trinajstić information content (AvgIpc) is 2.85. The van der Waals surface area contributed by atoms with Crippen LogP contribution in [0.15, 0.2) is 23.9 Å². The van der Waals surface area contributed by atoms with E-state index in [1.54, 1.807) is 24.0 Å². The van der Waals surface area contributed by atoms with E-state index in [0.29, 0.717) is 0 Å². The van der Waals surface area contributed by atoms with Gasteiger partial charge >= 0.3 is 0 Å². The minimum Gasteiger partial charge on any atom is -0.372 e. The second-order valence-corrected chi connectivity index (χ2v) is 3.75. The number of imidazole rings is 1. The number of nitrogens with one attached hydrogen (secondary N) is 3. The highest BCUT2D eigenvalue weighted by atomic mass is 32.2. The summed E-state index contributed by atoms with van der Waals surface area (Å²) in [4.78, 5) is 7.41. The smallest absolute Gasteiger partial charge is 0.139 e. The lowest BCUT2D eigenvalue weighted by Gasteiger charge is -2.04. The lowest BCUT2D eigenvalue weighted by molar-refractivity contribution is 0.803. The van der Waals surface area contributed by atoms with Gasteiger partial charge in [-0.3, -0.25) is 0 Å². The van der Waals surface area contributed by atoms with Crippen LogP contribution in [0.4, 0.5) is 0 Å². The topological polar surface area (TPSA) is 64.6 Å². The number of hydrogen-bond donors (Lipinski definition) is 3. The molecule has 1 aromatic rings. The molecule has 0 bridgehead atoms. The van der Waals surface area contributed by atoms with Crippen LogP contribution in [-0.2, 0) is 0 Å². The zero-order valence-corrected chi connectivity index (χ0v) is 8.21. The van der Waals surface area contributed by atoms with Gasteiger partial charge in [0.15, 0.2) is 0 Å². The van der Waals surface area contributed by atoms with Crippen molar-refractivity contribution in [3.63, 3.8) is 0 Å². The van der Waals surface area contributed by atoms with Crippen LogP contribution in [0.3, 0.4) is 0 Å². The van der Waals surface area contributed by atoms with Gasteiger partial charge in [0.1, 0.15) is 11.2 Å². The quantitative estimate of drug-likeness (QED) is 0.661. The van der Waals surface area contributed by atoms with Crippen LogP contribution in [0, 0.1) is 5.41 Å². The number of allylic oxidation sites excluding steroid dienone is 1. The Labute approximate surface area is 86.0 Å². The molecule has 0 saturated carbocycles. The molecule has 1 aliphatic heterocycles. The van der Waals surface area contributed by atoms with Crippen LogP contribution in [-0.4, -0.2) is 16.2 Å². The maximum atomic E-state index is 6.85. The van der Waals surface area contributed by atoms with Gasteiger partial charge in [-0.15, -0.1) is 0 Å². The standard InChI is InChI=1S/C9H10N4S/c10-3-1-2-7-6-12-8(13-7)9-11-4-5-14-9/h1-6,9-11H,(H,12,13)/b2-1-,10-3?. The number of aromatic amines is 1. The summed E-state index contributed by atoms with van der Waals surface area (Å²) < 4.78 is 0. The lowest BCUT2D eigenvalue weighted by atomic mass is 10.4. The Balaban J connectivity index is 2.09. The third-order valence-electron chi connectivity index (χ3n) is 1.77. The normalized spacial score (nSPS) is 20.1.